The van der Waals surface area contributed by atoms with Crippen LogP contribution in [0.1, 0.15) is 38.4 Å². The minimum Gasteiger partial charge on any atom is -0.478 e. The lowest BCUT2D eigenvalue weighted by atomic mass is 9.93. The van der Waals surface area contributed by atoms with Crippen LogP contribution in [0.25, 0.3) is 0 Å². The summed E-state index contributed by atoms with van der Waals surface area (Å²) in [5, 5.41) is 0. The number of pyridine rings is 1. The van der Waals surface area contributed by atoms with Gasteiger partial charge in [0.1, 0.15) is 0 Å². The van der Waals surface area contributed by atoms with Crippen molar-refractivity contribution in [1.82, 2.24) is 4.98 Å². The Hall–Kier alpha value is -0.760. The van der Waals surface area contributed by atoms with E-state index in [1.165, 1.54) is 0 Å². The zero-order valence-electron chi connectivity index (χ0n) is 10.5. The van der Waals surface area contributed by atoms with Crippen LogP contribution in [0.2, 0.25) is 0 Å². The van der Waals surface area contributed by atoms with Crippen LogP contribution in [0.3, 0.4) is 0 Å². The zero-order chi connectivity index (χ0) is 12.2. The van der Waals surface area contributed by atoms with E-state index in [9.17, 15) is 0 Å². The average molecular weight is 242 g/mol. The van der Waals surface area contributed by atoms with Gasteiger partial charge in [-0.25, -0.2) is 4.98 Å². The molecular weight excluding hydrogens is 222 g/mol. The number of aryl methyl sites for hydroxylation is 1. The molecule has 0 saturated carbocycles. The van der Waals surface area contributed by atoms with Crippen LogP contribution >= 0.6 is 11.6 Å². The maximum Gasteiger partial charge on any atom is 0.213 e. The second-order valence-electron chi connectivity index (χ2n) is 5.19. The van der Waals surface area contributed by atoms with Gasteiger partial charge in [0.25, 0.3) is 0 Å². The van der Waals surface area contributed by atoms with Crippen LogP contribution in [0.15, 0.2) is 12.1 Å². The highest BCUT2D eigenvalue weighted by Gasteiger charge is 2.10. The third-order valence-corrected chi connectivity index (χ3v) is 2.70. The van der Waals surface area contributed by atoms with Crippen molar-refractivity contribution < 1.29 is 4.74 Å². The minimum absolute atomic E-state index is 0.297. The second kappa shape index (κ2) is 5.53. The van der Waals surface area contributed by atoms with Crippen LogP contribution in [0.4, 0.5) is 0 Å². The van der Waals surface area contributed by atoms with Crippen LogP contribution in [0, 0.1) is 12.3 Å². The van der Waals surface area contributed by atoms with E-state index in [1.807, 2.05) is 19.1 Å². The number of nitrogens with zero attached hydrogens (tertiary/aromatic N) is 1. The molecule has 1 aromatic rings. The van der Waals surface area contributed by atoms with Crippen LogP contribution in [-0.4, -0.2) is 11.6 Å². The van der Waals surface area contributed by atoms with Gasteiger partial charge in [-0.15, -0.1) is 11.6 Å². The van der Waals surface area contributed by atoms with Crippen molar-refractivity contribution in [1.29, 1.82) is 0 Å². The number of aromatic nitrogens is 1. The molecule has 1 aromatic heterocycles. The Bertz CT molecular complexity index is 344. The van der Waals surface area contributed by atoms with Crippen LogP contribution in [-0.2, 0) is 5.88 Å². The number of rotatable bonds is 4. The normalized spacial score (nSPS) is 11.6. The van der Waals surface area contributed by atoms with E-state index in [4.69, 9.17) is 16.3 Å². The molecule has 1 rings (SSSR count). The lowest BCUT2D eigenvalue weighted by Gasteiger charge is -2.17. The first kappa shape index (κ1) is 13.3. The fourth-order valence-electron chi connectivity index (χ4n) is 1.25. The lowest BCUT2D eigenvalue weighted by Crippen LogP contribution is -2.11. The molecule has 0 bridgehead atoms. The molecule has 16 heavy (non-hydrogen) atoms. The molecule has 0 aliphatic rings. The molecule has 0 aromatic carbocycles. The highest BCUT2D eigenvalue weighted by atomic mass is 35.5. The van der Waals surface area contributed by atoms with Gasteiger partial charge in [-0.3, -0.25) is 0 Å². The van der Waals surface area contributed by atoms with E-state index in [0.29, 0.717) is 23.8 Å². The Labute approximate surface area is 103 Å². The first-order chi connectivity index (χ1) is 7.42. The highest BCUT2D eigenvalue weighted by Crippen LogP contribution is 2.19. The Kier molecular flexibility index (Phi) is 4.60. The number of ether oxygens (including phenoxy) is 1. The minimum atomic E-state index is 0.297. The average Bonchev–Trinajstić information content (AvgIpc) is 2.16. The summed E-state index contributed by atoms with van der Waals surface area (Å²) in [5.41, 5.74) is 2.30. The molecule has 0 N–H and O–H groups in total. The first-order valence-corrected chi connectivity index (χ1v) is 6.11. The molecule has 0 spiro atoms. The molecule has 0 aliphatic carbocycles. The monoisotopic (exact) mass is 241 g/mol. The van der Waals surface area contributed by atoms with E-state index in [2.05, 4.69) is 25.8 Å². The molecule has 0 unspecified atom stereocenters. The van der Waals surface area contributed by atoms with E-state index in [0.717, 1.165) is 17.7 Å². The van der Waals surface area contributed by atoms with Crippen molar-refractivity contribution in [2.24, 2.45) is 5.41 Å². The predicted octanol–water partition coefficient (Wildman–Crippen LogP) is 3.94. The molecule has 0 fully saturated rings. The van der Waals surface area contributed by atoms with Crippen molar-refractivity contribution >= 4 is 11.6 Å². The fourth-order valence-corrected chi connectivity index (χ4v) is 1.53. The maximum atomic E-state index is 5.77. The Morgan fingerprint density at radius 2 is 2.00 bits per heavy atom. The standard InChI is InChI=1S/C13H20ClNO/c1-10-11(9-14)5-6-12(15-10)16-8-7-13(2,3)4/h5-6H,7-9H2,1-4H3. The number of halogens is 1. The molecule has 0 atom stereocenters. The van der Waals surface area contributed by atoms with E-state index >= 15 is 0 Å². The van der Waals surface area contributed by atoms with Crippen molar-refractivity contribution in [2.45, 2.75) is 40.0 Å². The molecule has 0 radical (unpaired) electrons. The summed E-state index contributed by atoms with van der Waals surface area (Å²) >= 11 is 5.77. The number of hydrogen-bond donors (Lipinski definition) is 0. The molecule has 2 nitrogen and oxygen atoms in total. The van der Waals surface area contributed by atoms with Gasteiger partial charge in [-0.2, -0.15) is 0 Å². The Morgan fingerprint density at radius 1 is 1.31 bits per heavy atom. The molecule has 1 heterocycles. The van der Waals surface area contributed by atoms with Crippen molar-refractivity contribution in [2.75, 3.05) is 6.61 Å². The van der Waals surface area contributed by atoms with Gasteiger partial charge >= 0.3 is 0 Å². The third-order valence-electron chi connectivity index (χ3n) is 2.42. The summed E-state index contributed by atoms with van der Waals surface area (Å²) in [4.78, 5) is 4.36. The van der Waals surface area contributed by atoms with Gasteiger partial charge < -0.3 is 4.74 Å². The van der Waals surface area contributed by atoms with E-state index in [-0.39, 0.29) is 0 Å². The number of hydrogen-bond acceptors (Lipinski definition) is 2. The topological polar surface area (TPSA) is 22.1 Å². The Balaban J connectivity index is 2.52. The molecule has 90 valence electrons. The Morgan fingerprint density at radius 3 is 2.50 bits per heavy atom. The van der Waals surface area contributed by atoms with E-state index in [1.54, 1.807) is 0 Å². The summed E-state index contributed by atoms with van der Waals surface area (Å²) in [7, 11) is 0. The summed E-state index contributed by atoms with van der Waals surface area (Å²) < 4.78 is 5.61. The van der Waals surface area contributed by atoms with Gasteiger partial charge in [-0.05, 0) is 24.3 Å². The first-order valence-electron chi connectivity index (χ1n) is 5.58. The predicted molar refractivity (Wildman–Crippen MR) is 68.1 cm³/mol. The number of alkyl halides is 1. The molecule has 0 saturated heterocycles. The summed E-state index contributed by atoms with van der Waals surface area (Å²) in [6.45, 7) is 9.26. The summed E-state index contributed by atoms with van der Waals surface area (Å²) in [5.74, 6) is 1.19. The fraction of sp³-hybridized carbons (Fsp3) is 0.615. The van der Waals surface area contributed by atoms with Gasteiger partial charge in [0.15, 0.2) is 0 Å². The van der Waals surface area contributed by atoms with Crippen molar-refractivity contribution in [3.8, 4) is 5.88 Å². The SMILES string of the molecule is Cc1nc(OCCC(C)(C)C)ccc1CCl. The van der Waals surface area contributed by atoms with Crippen LogP contribution < -0.4 is 4.74 Å². The van der Waals surface area contributed by atoms with Gasteiger partial charge in [0.05, 0.1) is 6.61 Å². The maximum absolute atomic E-state index is 5.77. The highest BCUT2D eigenvalue weighted by molar-refractivity contribution is 6.17. The summed E-state index contributed by atoms with van der Waals surface area (Å²) in [6.07, 6.45) is 1.02. The second-order valence-corrected chi connectivity index (χ2v) is 5.45. The summed E-state index contributed by atoms with van der Waals surface area (Å²) in [6, 6.07) is 3.86. The third kappa shape index (κ3) is 4.40. The molecule has 0 amide bonds. The van der Waals surface area contributed by atoms with Gasteiger partial charge in [-0.1, -0.05) is 26.8 Å². The quantitative estimate of drug-likeness (QED) is 0.745. The van der Waals surface area contributed by atoms with Gasteiger partial charge in [0, 0.05) is 17.6 Å². The molecule has 0 aliphatic heterocycles. The molecular formula is C13H20ClNO. The van der Waals surface area contributed by atoms with E-state index < -0.39 is 0 Å². The largest absolute Gasteiger partial charge is 0.478 e. The zero-order valence-corrected chi connectivity index (χ0v) is 11.3. The van der Waals surface area contributed by atoms with Gasteiger partial charge in [0.2, 0.25) is 5.88 Å². The lowest BCUT2D eigenvalue weighted by molar-refractivity contribution is 0.236. The molecule has 3 heteroatoms. The van der Waals surface area contributed by atoms with Crippen LogP contribution in [0.5, 0.6) is 5.88 Å². The van der Waals surface area contributed by atoms with Crippen molar-refractivity contribution in [3.05, 3.63) is 23.4 Å². The van der Waals surface area contributed by atoms with Crippen molar-refractivity contribution in [3.63, 3.8) is 0 Å². The smallest absolute Gasteiger partial charge is 0.213 e.